The van der Waals surface area contributed by atoms with Crippen molar-refractivity contribution in [2.24, 2.45) is 5.92 Å². The second-order valence-corrected chi connectivity index (χ2v) is 3.45. The molecule has 1 aromatic heterocycles. The molecule has 0 saturated carbocycles. The van der Waals surface area contributed by atoms with Crippen molar-refractivity contribution >= 4 is 5.78 Å². The quantitative estimate of drug-likeness (QED) is 0.652. The van der Waals surface area contributed by atoms with Gasteiger partial charge in [-0.3, -0.25) is 4.79 Å². The van der Waals surface area contributed by atoms with Crippen LogP contribution in [-0.2, 0) is 4.74 Å². The van der Waals surface area contributed by atoms with Crippen molar-refractivity contribution in [1.82, 2.24) is 0 Å². The fourth-order valence-electron chi connectivity index (χ4n) is 1.64. The molecule has 1 saturated heterocycles. The molecule has 3 nitrogen and oxygen atoms in total. The summed E-state index contributed by atoms with van der Waals surface area (Å²) in [5.74, 6) is 0.158. The molecule has 0 amide bonds. The Kier molecular flexibility index (Phi) is 2.19. The number of ether oxygens (including phenoxy) is 1. The summed E-state index contributed by atoms with van der Waals surface area (Å²) < 4.78 is 10.2. The first-order valence-electron chi connectivity index (χ1n) is 4.45. The van der Waals surface area contributed by atoms with Gasteiger partial charge in [0, 0.05) is 5.92 Å². The lowest BCUT2D eigenvalue weighted by atomic mass is 9.97. The Balaban J connectivity index is 2.06. The van der Waals surface area contributed by atoms with E-state index in [9.17, 15) is 4.79 Å². The van der Waals surface area contributed by atoms with E-state index in [2.05, 4.69) is 0 Å². The SMILES string of the molecule is CC1CC(C(=O)c2ccoc2)CO1. The van der Waals surface area contributed by atoms with Crippen LogP contribution in [0.4, 0.5) is 0 Å². The van der Waals surface area contributed by atoms with Gasteiger partial charge in [0.05, 0.1) is 24.5 Å². The lowest BCUT2D eigenvalue weighted by Crippen LogP contribution is -2.13. The van der Waals surface area contributed by atoms with Crippen molar-refractivity contribution in [1.29, 1.82) is 0 Å². The third-order valence-electron chi connectivity index (χ3n) is 2.37. The van der Waals surface area contributed by atoms with Crippen LogP contribution < -0.4 is 0 Å². The lowest BCUT2D eigenvalue weighted by Gasteiger charge is -2.02. The molecule has 2 unspecified atom stereocenters. The lowest BCUT2D eigenvalue weighted by molar-refractivity contribution is 0.0877. The maximum Gasteiger partial charge on any atom is 0.171 e. The van der Waals surface area contributed by atoms with E-state index in [0.717, 1.165) is 6.42 Å². The normalized spacial score (nSPS) is 27.8. The van der Waals surface area contributed by atoms with Gasteiger partial charge in [-0.15, -0.1) is 0 Å². The van der Waals surface area contributed by atoms with E-state index in [-0.39, 0.29) is 17.8 Å². The summed E-state index contributed by atoms with van der Waals surface area (Å²) in [5, 5.41) is 0. The first-order chi connectivity index (χ1) is 6.27. The Bertz CT molecular complexity index is 289. The molecule has 0 radical (unpaired) electrons. The Hall–Kier alpha value is -1.09. The minimum atomic E-state index is 0.0209. The maximum atomic E-state index is 11.7. The van der Waals surface area contributed by atoms with Gasteiger partial charge in [0.1, 0.15) is 6.26 Å². The summed E-state index contributed by atoms with van der Waals surface area (Å²) in [6.45, 7) is 2.54. The summed E-state index contributed by atoms with van der Waals surface area (Å²) in [6.07, 6.45) is 4.04. The molecule has 0 spiro atoms. The molecule has 1 fully saturated rings. The fourth-order valence-corrected chi connectivity index (χ4v) is 1.64. The molecule has 3 heteroatoms. The predicted molar refractivity (Wildman–Crippen MR) is 46.6 cm³/mol. The monoisotopic (exact) mass is 180 g/mol. The maximum absolute atomic E-state index is 11.7. The van der Waals surface area contributed by atoms with Crippen LogP contribution in [0.1, 0.15) is 23.7 Å². The average molecular weight is 180 g/mol. The number of carbonyl (C=O) groups excluding carboxylic acids is 1. The van der Waals surface area contributed by atoms with Crippen LogP contribution in [0.3, 0.4) is 0 Å². The minimum absolute atomic E-state index is 0.0209. The molecule has 0 aliphatic carbocycles. The summed E-state index contributed by atoms with van der Waals surface area (Å²) in [6, 6.07) is 1.70. The highest BCUT2D eigenvalue weighted by Crippen LogP contribution is 2.23. The van der Waals surface area contributed by atoms with Gasteiger partial charge >= 0.3 is 0 Å². The molecule has 1 aliphatic heterocycles. The summed E-state index contributed by atoms with van der Waals surface area (Å²) in [7, 11) is 0. The molecular weight excluding hydrogens is 168 g/mol. The zero-order chi connectivity index (χ0) is 9.26. The first kappa shape index (κ1) is 8.51. The Morgan fingerprint density at radius 2 is 2.46 bits per heavy atom. The molecule has 0 N–H and O–H groups in total. The van der Waals surface area contributed by atoms with Crippen LogP contribution in [0.2, 0.25) is 0 Å². The molecule has 2 atom stereocenters. The number of furan rings is 1. The zero-order valence-electron chi connectivity index (χ0n) is 7.53. The van der Waals surface area contributed by atoms with Crippen molar-refractivity contribution in [3.05, 3.63) is 24.2 Å². The number of ketones is 1. The van der Waals surface area contributed by atoms with Gasteiger partial charge in [-0.1, -0.05) is 0 Å². The smallest absolute Gasteiger partial charge is 0.171 e. The molecule has 2 heterocycles. The van der Waals surface area contributed by atoms with Gasteiger partial charge in [0.25, 0.3) is 0 Å². The predicted octanol–water partition coefficient (Wildman–Crippen LogP) is 1.89. The molecule has 2 rings (SSSR count). The van der Waals surface area contributed by atoms with Gasteiger partial charge in [-0.2, -0.15) is 0 Å². The van der Waals surface area contributed by atoms with Gasteiger partial charge in [0.15, 0.2) is 5.78 Å². The summed E-state index contributed by atoms with van der Waals surface area (Å²) in [4.78, 5) is 11.7. The zero-order valence-corrected chi connectivity index (χ0v) is 7.53. The largest absolute Gasteiger partial charge is 0.472 e. The summed E-state index contributed by atoms with van der Waals surface area (Å²) in [5.41, 5.74) is 0.655. The van der Waals surface area contributed by atoms with Crippen molar-refractivity contribution in [3.63, 3.8) is 0 Å². The van der Waals surface area contributed by atoms with Crippen molar-refractivity contribution in [2.45, 2.75) is 19.4 Å². The van der Waals surface area contributed by atoms with Crippen LogP contribution in [0.5, 0.6) is 0 Å². The van der Waals surface area contributed by atoms with E-state index in [1.165, 1.54) is 12.5 Å². The Morgan fingerprint density at radius 1 is 1.62 bits per heavy atom. The van der Waals surface area contributed by atoms with E-state index in [0.29, 0.717) is 12.2 Å². The third-order valence-corrected chi connectivity index (χ3v) is 2.37. The number of Topliss-reactive ketones (excluding diaryl/α,β-unsaturated/α-hetero) is 1. The number of hydrogen-bond donors (Lipinski definition) is 0. The van der Waals surface area contributed by atoms with Crippen LogP contribution in [0, 0.1) is 5.92 Å². The van der Waals surface area contributed by atoms with E-state index >= 15 is 0 Å². The van der Waals surface area contributed by atoms with Crippen molar-refractivity contribution in [2.75, 3.05) is 6.61 Å². The fraction of sp³-hybridized carbons (Fsp3) is 0.500. The first-order valence-corrected chi connectivity index (χ1v) is 4.45. The molecule has 70 valence electrons. The minimum Gasteiger partial charge on any atom is -0.472 e. The Labute approximate surface area is 76.7 Å². The van der Waals surface area contributed by atoms with Crippen molar-refractivity contribution < 1.29 is 13.9 Å². The van der Waals surface area contributed by atoms with Crippen LogP contribution in [-0.4, -0.2) is 18.5 Å². The number of rotatable bonds is 2. The Morgan fingerprint density at radius 3 is 3.00 bits per heavy atom. The second kappa shape index (κ2) is 3.34. The third kappa shape index (κ3) is 1.65. The van der Waals surface area contributed by atoms with Crippen LogP contribution in [0.25, 0.3) is 0 Å². The number of carbonyl (C=O) groups is 1. The van der Waals surface area contributed by atoms with E-state index in [1.807, 2.05) is 6.92 Å². The second-order valence-electron chi connectivity index (χ2n) is 3.45. The molecule has 13 heavy (non-hydrogen) atoms. The standard InChI is InChI=1S/C10H12O3/c1-7-4-9(6-13-7)10(11)8-2-3-12-5-8/h2-3,5,7,9H,4,6H2,1H3. The highest BCUT2D eigenvalue weighted by molar-refractivity contribution is 5.97. The molecule has 1 aliphatic rings. The topological polar surface area (TPSA) is 39.4 Å². The van der Waals surface area contributed by atoms with Crippen LogP contribution in [0.15, 0.2) is 23.0 Å². The van der Waals surface area contributed by atoms with Gasteiger partial charge < -0.3 is 9.15 Å². The molecular formula is C10H12O3. The van der Waals surface area contributed by atoms with E-state index < -0.39 is 0 Å². The highest BCUT2D eigenvalue weighted by Gasteiger charge is 2.29. The van der Waals surface area contributed by atoms with E-state index in [1.54, 1.807) is 6.07 Å². The average Bonchev–Trinajstić information content (AvgIpc) is 2.72. The molecule has 0 aromatic carbocycles. The van der Waals surface area contributed by atoms with Gasteiger partial charge in [-0.05, 0) is 19.4 Å². The van der Waals surface area contributed by atoms with E-state index in [4.69, 9.17) is 9.15 Å². The van der Waals surface area contributed by atoms with Gasteiger partial charge in [-0.25, -0.2) is 0 Å². The highest BCUT2D eigenvalue weighted by atomic mass is 16.5. The summed E-state index contributed by atoms with van der Waals surface area (Å²) >= 11 is 0. The van der Waals surface area contributed by atoms with Gasteiger partial charge in [0.2, 0.25) is 0 Å². The molecule has 1 aromatic rings. The van der Waals surface area contributed by atoms with Crippen LogP contribution >= 0.6 is 0 Å². The molecule has 0 bridgehead atoms. The van der Waals surface area contributed by atoms with Crippen molar-refractivity contribution in [3.8, 4) is 0 Å². The number of hydrogen-bond acceptors (Lipinski definition) is 3.